The Bertz CT molecular complexity index is 762. The molecule has 0 radical (unpaired) electrons. The Labute approximate surface area is 186 Å². The Morgan fingerprint density at radius 2 is 1.32 bits per heavy atom. The molecule has 1 aromatic rings. The van der Waals surface area contributed by atoms with Crippen LogP contribution < -0.4 is 0 Å². The van der Waals surface area contributed by atoms with Gasteiger partial charge in [0.05, 0.1) is 5.41 Å². The van der Waals surface area contributed by atoms with Gasteiger partial charge in [-0.1, -0.05) is 45.4 Å². The summed E-state index contributed by atoms with van der Waals surface area (Å²) in [5.74, 6) is -0.935. The third-order valence-corrected chi connectivity index (χ3v) is 7.68. The molecule has 0 heterocycles. The molecular weight excluding hydrogens is 392 g/mol. The molecule has 5 nitrogen and oxygen atoms in total. The lowest BCUT2D eigenvalue weighted by Crippen LogP contribution is -2.14. The summed E-state index contributed by atoms with van der Waals surface area (Å²) in [5.41, 5.74) is 1.61. The van der Waals surface area contributed by atoms with Crippen LogP contribution in [0, 0.1) is 10.8 Å². The third kappa shape index (κ3) is 6.54. The molecule has 0 aliphatic heterocycles. The van der Waals surface area contributed by atoms with Crippen molar-refractivity contribution in [2.24, 2.45) is 10.8 Å². The lowest BCUT2D eigenvalue weighted by Gasteiger charge is -2.15. The number of phenols is 3. The van der Waals surface area contributed by atoms with E-state index in [1.54, 1.807) is 0 Å². The fourth-order valence-corrected chi connectivity index (χ4v) is 4.80. The van der Waals surface area contributed by atoms with Crippen LogP contribution in [0.2, 0.25) is 0 Å². The van der Waals surface area contributed by atoms with Gasteiger partial charge < -0.3 is 20.4 Å². The number of aliphatic carboxylic acids is 1. The Kier molecular flexibility index (Phi) is 7.77. The number of benzene rings is 1. The summed E-state index contributed by atoms with van der Waals surface area (Å²) in [6.07, 6.45) is 16.0. The minimum absolute atomic E-state index is 0.0768. The zero-order valence-corrected chi connectivity index (χ0v) is 19.1. The Morgan fingerprint density at radius 3 is 1.87 bits per heavy atom. The van der Waals surface area contributed by atoms with Gasteiger partial charge in [0.25, 0.3) is 0 Å². The maximum absolute atomic E-state index is 11.2. The fourth-order valence-electron chi connectivity index (χ4n) is 4.80. The van der Waals surface area contributed by atoms with E-state index in [2.05, 4.69) is 6.92 Å². The van der Waals surface area contributed by atoms with Crippen molar-refractivity contribution < 1.29 is 25.2 Å². The molecule has 174 valence electrons. The molecule has 5 heteroatoms. The molecule has 4 N–H and O–H groups in total. The second-order valence-electron chi connectivity index (χ2n) is 10.4. The van der Waals surface area contributed by atoms with Gasteiger partial charge in [0, 0.05) is 17.2 Å². The van der Waals surface area contributed by atoms with Crippen LogP contribution in [0.5, 0.6) is 17.2 Å². The monoisotopic (exact) mass is 432 g/mol. The Balaban J connectivity index is 1.41. The summed E-state index contributed by atoms with van der Waals surface area (Å²) in [7, 11) is 0. The van der Waals surface area contributed by atoms with Gasteiger partial charge in [-0.15, -0.1) is 0 Å². The highest BCUT2D eigenvalue weighted by Gasteiger charge is 2.49. The number of carboxylic acids is 1. The molecule has 2 aliphatic rings. The van der Waals surface area contributed by atoms with E-state index in [1.807, 2.05) is 0 Å². The first-order valence-corrected chi connectivity index (χ1v) is 12.3. The molecule has 0 unspecified atom stereocenters. The summed E-state index contributed by atoms with van der Waals surface area (Å²) in [4.78, 5) is 11.2. The van der Waals surface area contributed by atoms with E-state index >= 15 is 0 Å². The molecule has 31 heavy (non-hydrogen) atoms. The van der Waals surface area contributed by atoms with Gasteiger partial charge in [0.15, 0.2) is 11.5 Å². The van der Waals surface area contributed by atoms with Gasteiger partial charge in [-0.3, -0.25) is 4.79 Å². The van der Waals surface area contributed by atoms with E-state index in [9.17, 15) is 25.2 Å². The maximum Gasteiger partial charge on any atom is 0.309 e. The van der Waals surface area contributed by atoms with Gasteiger partial charge >= 0.3 is 5.97 Å². The number of unbranched alkanes of at least 4 members (excludes halogenated alkanes) is 6. The van der Waals surface area contributed by atoms with Crippen molar-refractivity contribution in [2.75, 3.05) is 0 Å². The van der Waals surface area contributed by atoms with E-state index < -0.39 is 11.4 Å². The predicted molar refractivity (Wildman–Crippen MR) is 122 cm³/mol. The van der Waals surface area contributed by atoms with Crippen molar-refractivity contribution in [3.8, 4) is 17.2 Å². The molecule has 2 aliphatic carbocycles. The van der Waals surface area contributed by atoms with Crippen LogP contribution in [0.3, 0.4) is 0 Å². The predicted octanol–water partition coefficient (Wildman–Crippen LogP) is 6.45. The van der Waals surface area contributed by atoms with Crippen molar-refractivity contribution in [3.05, 3.63) is 17.2 Å². The number of hydrogen-bond acceptors (Lipinski definition) is 4. The van der Waals surface area contributed by atoms with Crippen LogP contribution in [0.25, 0.3) is 0 Å². The molecule has 2 fully saturated rings. The zero-order valence-electron chi connectivity index (χ0n) is 19.1. The molecule has 0 bridgehead atoms. The van der Waals surface area contributed by atoms with Crippen molar-refractivity contribution in [1.29, 1.82) is 0 Å². The summed E-state index contributed by atoms with van der Waals surface area (Å²) in [6, 6.07) is 1.25. The molecule has 2 saturated carbocycles. The first-order chi connectivity index (χ1) is 14.8. The van der Waals surface area contributed by atoms with E-state index in [4.69, 9.17) is 0 Å². The number of carbonyl (C=O) groups is 1. The molecule has 0 amide bonds. The topological polar surface area (TPSA) is 98.0 Å². The highest BCUT2D eigenvalue weighted by atomic mass is 16.4. The van der Waals surface area contributed by atoms with Crippen molar-refractivity contribution in [1.82, 2.24) is 0 Å². The van der Waals surface area contributed by atoms with Gasteiger partial charge in [-0.2, -0.15) is 0 Å². The highest BCUT2D eigenvalue weighted by molar-refractivity contribution is 5.77. The van der Waals surface area contributed by atoms with E-state index in [-0.39, 0.29) is 17.2 Å². The quantitative estimate of drug-likeness (QED) is 0.145. The molecular formula is C26H40O5. The van der Waals surface area contributed by atoms with Crippen LogP contribution in [0.15, 0.2) is 6.07 Å². The standard InChI is InChI=1S/C26H40O5/c1-25(14-15-25)12-8-4-2-6-10-19-20(23(29)22(28)18-21(19)27)11-7-3-5-9-13-26(16-17-26)24(30)31/h18,27-29H,2-17H2,1H3,(H,30,31). The number of aromatic hydroxyl groups is 3. The number of hydrogen-bond donors (Lipinski definition) is 4. The number of carboxylic acid groups (broad SMARTS) is 1. The summed E-state index contributed by atoms with van der Waals surface area (Å²) in [6.45, 7) is 2.37. The van der Waals surface area contributed by atoms with Crippen LogP contribution in [-0.4, -0.2) is 26.4 Å². The fraction of sp³-hybridized carbons (Fsp3) is 0.731. The van der Waals surface area contributed by atoms with Gasteiger partial charge in [-0.25, -0.2) is 0 Å². The van der Waals surface area contributed by atoms with Crippen LogP contribution in [0.4, 0.5) is 0 Å². The lowest BCUT2D eigenvalue weighted by atomic mass is 9.93. The van der Waals surface area contributed by atoms with Crippen molar-refractivity contribution >= 4 is 5.97 Å². The average Bonchev–Trinajstić information content (AvgIpc) is 3.64. The lowest BCUT2D eigenvalue weighted by molar-refractivity contribution is -0.143. The zero-order chi connectivity index (χ0) is 22.5. The van der Waals surface area contributed by atoms with Crippen molar-refractivity contribution in [3.63, 3.8) is 0 Å². The molecule has 0 spiro atoms. The first kappa shape index (κ1) is 23.7. The second-order valence-corrected chi connectivity index (χ2v) is 10.4. The number of rotatable bonds is 15. The normalized spacial score (nSPS) is 18.1. The van der Waals surface area contributed by atoms with Gasteiger partial charge in [-0.05, 0) is 69.6 Å². The molecule has 0 atom stereocenters. The van der Waals surface area contributed by atoms with Crippen LogP contribution in [0.1, 0.15) is 108 Å². The smallest absolute Gasteiger partial charge is 0.309 e. The van der Waals surface area contributed by atoms with Crippen LogP contribution >= 0.6 is 0 Å². The third-order valence-electron chi connectivity index (χ3n) is 7.68. The molecule has 0 saturated heterocycles. The largest absolute Gasteiger partial charge is 0.508 e. The van der Waals surface area contributed by atoms with Crippen LogP contribution in [-0.2, 0) is 17.6 Å². The second kappa shape index (κ2) is 10.1. The molecule has 3 rings (SSSR count). The van der Waals surface area contributed by atoms with Gasteiger partial charge in [0.1, 0.15) is 5.75 Å². The average molecular weight is 433 g/mol. The first-order valence-electron chi connectivity index (χ1n) is 12.3. The summed E-state index contributed by atoms with van der Waals surface area (Å²) in [5, 5.41) is 40.0. The van der Waals surface area contributed by atoms with E-state index in [0.29, 0.717) is 23.8 Å². The van der Waals surface area contributed by atoms with E-state index in [0.717, 1.165) is 63.4 Å². The SMILES string of the molecule is CC1(CCCCCCc2c(O)cc(O)c(O)c2CCCCCCC2(C(=O)O)CC2)CC1. The highest BCUT2D eigenvalue weighted by Crippen LogP contribution is 2.50. The van der Waals surface area contributed by atoms with E-state index in [1.165, 1.54) is 38.2 Å². The minimum Gasteiger partial charge on any atom is -0.508 e. The van der Waals surface area contributed by atoms with Crippen molar-refractivity contribution in [2.45, 2.75) is 110 Å². The minimum atomic E-state index is -0.654. The Hall–Kier alpha value is -1.91. The molecule has 0 aromatic heterocycles. The Morgan fingerprint density at radius 1 is 0.774 bits per heavy atom. The van der Waals surface area contributed by atoms with Gasteiger partial charge in [0.2, 0.25) is 0 Å². The maximum atomic E-state index is 11.2. The number of phenolic OH excluding ortho intramolecular Hbond substituents is 3. The molecule has 1 aromatic carbocycles. The summed E-state index contributed by atoms with van der Waals surface area (Å²) < 4.78 is 0. The summed E-state index contributed by atoms with van der Waals surface area (Å²) >= 11 is 0.